The molecule has 1 amide bonds. The summed E-state index contributed by atoms with van der Waals surface area (Å²) in [5, 5.41) is 2.66. The second-order valence-corrected chi connectivity index (χ2v) is 2.51. The lowest BCUT2D eigenvalue weighted by Crippen LogP contribution is -2.34. The van der Waals surface area contributed by atoms with Gasteiger partial charge in [-0.15, -0.1) is 0 Å². The number of hydrogen-bond donors (Lipinski definition) is 1. The lowest BCUT2D eigenvalue weighted by atomic mass is 10.2. The molecule has 4 nitrogen and oxygen atoms in total. The summed E-state index contributed by atoms with van der Waals surface area (Å²) in [5.74, 6) is -0.172. The highest BCUT2D eigenvalue weighted by atomic mass is 16.5. The van der Waals surface area contributed by atoms with Crippen molar-refractivity contribution in [3.05, 3.63) is 0 Å². The van der Waals surface area contributed by atoms with Crippen molar-refractivity contribution < 1.29 is 14.3 Å². The largest absolute Gasteiger partial charge is 0.454 e. The van der Waals surface area contributed by atoms with Crippen molar-refractivity contribution in [3.8, 4) is 0 Å². The molecule has 0 saturated carbocycles. The van der Waals surface area contributed by atoms with E-state index in [1.165, 1.54) is 0 Å². The maximum atomic E-state index is 11.0. The first-order valence-electron chi connectivity index (χ1n) is 3.71. The molecule has 1 saturated heterocycles. The van der Waals surface area contributed by atoms with Crippen LogP contribution in [0.15, 0.2) is 0 Å². The van der Waals surface area contributed by atoms with Crippen molar-refractivity contribution >= 4 is 12.4 Å². The van der Waals surface area contributed by atoms with Crippen LogP contribution in [0, 0.1) is 0 Å². The van der Waals surface area contributed by atoms with E-state index in [1.54, 1.807) is 0 Å². The van der Waals surface area contributed by atoms with Crippen molar-refractivity contribution in [1.29, 1.82) is 0 Å². The first kappa shape index (κ1) is 8.04. The van der Waals surface area contributed by atoms with Gasteiger partial charge >= 0.3 is 0 Å². The molecule has 1 heterocycles. The molecular weight excluding hydrogens is 146 g/mol. The molecule has 1 rings (SSSR count). The van der Waals surface area contributed by atoms with Gasteiger partial charge in [-0.05, 0) is 19.3 Å². The van der Waals surface area contributed by atoms with E-state index in [2.05, 4.69) is 10.1 Å². The molecule has 1 unspecified atom stereocenters. The fourth-order valence-electron chi connectivity index (χ4n) is 1.11. The molecule has 0 aromatic carbocycles. The van der Waals surface area contributed by atoms with E-state index >= 15 is 0 Å². The second-order valence-electron chi connectivity index (χ2n) is 2.51. The van der Waals surface area contributed by atoms with Crippen LogP contribution in [-0.2, 0) is 14.3 Å². The van der Waals surface area contributed by atoms with Gasteiger partial charge in [0.2, 0.25) is 0 Å². The molecule has 0 aromatic heterocycles. The Kier molecular flexibility index (Phi) is 2.89. The molecule has 11 heavy (non-hydrogen) atoms. The molecule has 0 bridgehead atoms. The molecule has 0 radical (unpaired) electrons. The van der Waals surface area contributed by atoms with E-state index in [0.717, 1.165) is 12.8 Å². The number of carbonyl (C=O) groups excluding carboxylic acids is 2. The summed E-state index contributed by atoms with van der Waals surface area (Å²) in [4.78, 5) is 20.9. The van der Waals surface area contributed by atoms with Gasteiger partial charge < -0.3 is 10.1 Å². The first-order chi connectivity index (χ1) is 5.34. The van der Waals surface area contributed by atoms with Gasteiger partial charge in [0.05, 0.1) is 0 Å². The van der Waals surface area contributed by atoms with E-state index in [-0.39, 0.29) is 5.91 Å². The number of nitrogens with one attached hydrogen (secondary N) is 1. The highest BCUT2D eigenvalue weighted by molar-refractivity contribution is 5.81. The first-order valence-corrected chi connectivity index (χ1v) is 3.71. The van der Waals surface area contributed by atoms with Gasteiger partial charge in [0.1, 0.15) is 0 Å². The number of amides is 1. The molecule has 0 aromatic rings. The second kappa shape index (κ2) is 3.95. The van der Waals surface area contributed by atoms with Gasteiger partial charge in [-0.1, -0.05) is 0 Å². The average Bonchev–Trinajstić information content (AvgIpc) is 2.18. The highest BCUT2D eigenvalue weighted by Crippen LogP contribution is 2.07. The minimum absolute atomic E-state index is 0.172. The molecule has 1 fully saturated rings. The van der Waals surface area contributed by atoms with Crippen LogP contribution in [0.1, 0.15) is 19.3 Å². The summed E-state index contributed by atoms with van der Waals surface area (Å²) in [7, 11) is 0. The van der Waals surface area contributed by atoms with Gasteiger partial charge in [-0.25, -0.2) is 0 Å². The highest BCUT2D eigenvalue weighted by Gasteiger charge is 2.20. The van der Waals surface area contributed by atoms with Gasteiger partial charge in [0, 0.05) is 6.54 Å². The Labute approximate surface area is 64.9 Å². The van der Waals surface area contributed by atoms with Crippen LogP contribution in [0.25, 0.3) is 0 Å². The predicted octanol–water partition coefficient (Wildman–Crippen LogP) is -0.172. The van der Waals surface area contributed by atoms with Crippen LogP contribution in [0.5, 0.6) is 0 Å². The standard InChI is InChI=1S/C7H11NO3/c9-5-11-6-3-1-2-4-8-7(6)10/h5-6H,1-4H2,(H,8,10). The average molecular weight is 157 g/mol. The normalized spacial score (nSPS) is 25.1. The summed E-state index contributed by atoms with van der Waals surface area (Å²) >= 11 is 0. The molecule has 1 N–H and O–H groups in total. The summed E-state index contributed by atoms with van der Waals surface area (Å²) < 4.78 is 4.58. The van der Waals surface area contributed by atoms with E-state index < -0.39 is 6.10 Å². The number of hydrogen-bond acceptors (Lipinski definition) is 3. The minimum Gasteiger partial charge on any atom is -0.454 e. The zero-order chi connectivity index (χ0) is 8.10. The Morgan fingerprint density at radius 2 is 2.36 bits per heavy atom. The zero-order valence-corrected chi connectivity index (χ0v) is 6.21. The Morgan fingerprint density at radius 1 is 1.55 bits per heavy atom. The van der Waals surface area contributed by atoms with Gasteiger partial charge in [0.15, 0.2) is 6.10 Å². The van der Waals surface area contributed by atoms with Crippen molar-refractivity contribution in [3.63, 3.8) is 0 Å². The maximum Gasteiger partial charge on any atom is 0.293 e. The molecule has 1 atom stereocenters. The van der Waals surface area contributed by atoms with Crippen LogP contribution in [0.3, 0.4) is 0 Å². The Bertz CT molecular complexity index is 158. The third kappa shape index (κ3) is 2.22. The lowest BCUT2D eigenvalue weighted by Gasteiger charge is -2.09. The molecule has 0 spiro atoms. The lowest BCUT2D eigenvalue weighted by molar-refractivity contribution is -0.144. The van der Waals surface area contributed by atoms with Crippen LogP contribution < -0.4 is 5.32 Å². The molecule has 1 aliphatic heterocycles. The van der Waals surface area contributed by atoms with Crippen molar-refractivity contribution in [1.82, 2.24) is 5.32 Å². The SMILES string of the molecule is O=COC1CCCCNC1=O. The monoisotopic (exact) mass is 157 g/mol. The topological polar surface area (TPSA) is 55.4 Å². The fourth-order valence-corrected chi connectivity index (χ4v) is 1.11. The third-order valence-electron chi connectivity index (χ3n) is 1.70. The van der Waals surface area contributed by atoms with Crippen molar-refractivity contribution in [2.45, 2.75) is 25.4 Å². The molecule has 4 heteroatoms. The van der Waals surface area contributed by atoms with Gasteiger partial charge in [-0.3, -0.25) is 9.59 Å². The van der Waals surface area contributed by atoms with Crippen molar-refractivity contribution in [2.24, 2.45) is 0 Å². The summed E-state index contributed by atoms with van der Waals surface area (Å²) in [6.07, 6.45) is 1.97. The number of ether oxygens (including phenoxy) is 1. The quantitative estimate of drug-likeness (QED) is 0.566. The maximum absolute atomic E-state index is 11.0. The van der Waals surface area contributed by atoms with Gasteiger partial charge in [0.25, 0.3) is 12.4 Å². The number of rotatable bonds is 2. The van der Waals surface area contributed by atoms with Crippen molar-refractivity contribution in [2.75, 3.05) is 6.54 Å². The van der Waals surface area contributed by atoms with E-state index in [0.29, 0.717) is 19.4 Å². The van der Waals surface area contributed by atoms with Crippen LogP contribution in [0.4, 0.5) is 0 Å². The van der Waals surface area contributed by atoms with Crippen LogP contribution in [-0.4, -0.2) is 25.0 Å². The van der Waals surface area contributed by atoms with E-state index in [9.17, 15) is 9.59 Å². The molecule has 1 aliphatic rings. The zero-order valence-electron chi connectivity index (χ0n) is 6.21. The van der Waals surface area contributed by atoms with Crippen LogP contribution >= 0.6 is 0 Å². The summed E-state index contributed by atoms with van der Waals surface area (Å²) in [5.41, 5.74) is 0. The smallest absolute Gasteiger partial charge is 0.293 e. The minimum atomic E-state index is -0.560. The fraction of sp³-hybridized carbons (Fsp3) is 0.714. The van der Waals surface area contributed by atoms with Crippen LogP contribution in [0.2, 0.25) is 0 Å². The Balaban J connectivity index is 2.45. The van der Waals surface area contributed by atoms with Gasteiger partial charge in [-0.2, -0.15) is 0 Å². The van der Waals surface area contributed by atoms with E-state index in [4.69, 9.17) is 0 Å². The molecule has 62 valence electrons. The summed E-state index contributed by atoms with van der Waals surface area (Å²) in [6, 6.07) is 0. The summed E-state index contributed by atoms with van der Waals surface area (Å²) in [6.45, 7) is 1.02. The Morgan fingerprint density at radius 3 is 3.09 bits per heavy atom. The number of carbonyl (C=O) groups is 2. The third-order valence-corrected chi connectivity index (χ3v) is 1.70. The molecule has 0 aliphatic carbocycles. The predicted molar refractivity (Wildman–Crippen MR) is 37.8 cm³/mol. The molecular formula is C7H11NO3. The Hall–Kier alpha value is -1.06. The van der Waals surface area contributed by atoms with E-state index in [1.807, 2.05) is 0 Å².